The molecule has 1 fully saturated rings. The van der Waals surface area contributed by atoms with Crippen molar-refractivity contribution in [3.63, 3.8) is 0 Å². The Morgan fingerprint density at radius 2 is 1.57 bits per heavy atom. The van der Waals surface area contributed by atoms with Gasteiger partial charge in [0.1, 0.15) is 0 Å². The summed E-state index contributed by atoms with van der Waals surface area (Å²) < 4.78 is 0. The number of rotatable bonds is 4. The van der Waals surface area contributed by atoms with E-state index in [1.54, 1.807) is 0 Å². The normalized spacial score (nSPS) is 36.2. The molecular formula is C9H18O5. The van der Waals surface area contributed by atoms with Gasteiger partial charge in [-0.25, -0.2) is 0 Å². The van der Waals surface area contributed by atoms with Gasteiger partial charge in [0.25, 0.3) is 0 Å². The van der Waals surface area contributed by atoms with E-state index in [1.165, 1.54) is 0 Å². The van der Waals surface area contributed by atoms with Gasteiger partial charge < -0.3 is 25.5 Å². The molecule has 0 bridgehead atoms. The van der Waals surface area contributed by atoms with Crippen LogP contribution in [0, 0.1) is 11.3 Å². The van der Waals surface area contributed by atoms with Crippen LogP contribution in [0.3, 0.4) is 0 Å². The molecule has 14 heavy (non-hydrogen) atoms. The van der Waals surface area contributed by atoms with E-state index in [0.29, 0.717) is 6.42 Å². The molecule has 0 heterocycles. The van der Waals surface area contributed by atoms with Crippen molar-refractivity contribution in [3.8, 4) is 0 Å². The van der Waals surface area contributed by atoms with Gasteiger partial charge in [0.05, 0.1) is 30.8 Å². The first-order chi connectivity index (χ1) is 6.60. The van der Waals surface area contributed by atoms with Crippen molar-refractivity contribution in [1.82, 2.24) is 0 Å². The van der Waals surface area contributed by atoms with Crippen molar-refractivity contribution in [1.29, 1.82) is 0 Å². The van der Waals surface area contributed by atoms with E-state index < -0.39 is 30.8 Å². The van der Waals surface area contributed by atoms with Gasteiger partial charge in [-0.2, -0.15) is 0 Å². The quantitative estimate of drug-likeness (QED) is 0.369. The fourth-order valence-corrected chi connectivity index (χ4v) is 2.42. The summed E-state index contributed by atoms with van der Waals surface area (Å²) in [5, 5.41) is 46.7. The molecule has 1 aliphatic carbocycles. The number of aliphatic hydroxyl groups excluding tert-OH is 4. The van der Waals surface area contributed by atoms with Crippen LogP contribution in [-0.2, 0) is 0 Å². The average Bonchev–Trinajstić information content (AvgIpc) is 2.52. The first-order valence-electron chi connectivity index (χ1n) is 4.76. The Hall–Kier alpha value is -0.200. The smallest absolute Gasteiger partial charge is 0.0980 e. The highest BCUT2D eigenvalue weighted by Crippen LogP contribution is 2.49. The zero-order valence-electron chi connectivity index (χ0n) is 8.06. The maximum absolute atomic E-state index is 10.0. The zero-order valence-corrected chi connectivity index (χ0v) is 8.06. The minimum Gasteiger partial charge on any atom is -0.396 e. The molecule has 0 radical (unpaired) electrons. The van der Waals surface area contributed by atoms with E-state index in [0.717, 1.165) is 0 Å². The summed E-state index contributed by atoms with van der Waals surface area (Å²) >= 11 is 0. The summed E-state index contributed by atoms with van der Waals surface area (Å²) in [7, 11) is 0. The molecule has 0 aliphatic heterocycles. The Balaban J connectivity index is 3.00. The van der Waals surface area contributed by atoms with E-state index in [1.807, 2.05) is 0 Å². The Morgan fingerprint density at radius 1 is 1.00 bits per heavy atom. The van der Waals surface area contributed by atoms with E-state index >= 15 is 0 Å². The zero-order chi connectivity index (χ0) is 10.8. The van der Waals surface area contributed by atoms with Gasteiger partial charge in [0.2, 0.25) is 0 Å². The molecule has 0 aromatic carbocycles. The third-order valence-corrected chi connectivity index (χ3v) is 3.66. The third kappa shape index (κ3) is 1.36. The minimum absolute atomic E-state index is 0.205. The van der Waals surface area contributed by atoms with E-state index in [2.05, 4.69) is 0 Å². The lowest BCUT2D eigenvalue weighted by Gasteiger charge is -2.41. The second-order valence-electron chi connectivity index (χ2n) is 4.08. The molecule has 84 valence electrons. The molecule has 2 atom stereocenters. The minimum atomic E-state index is -1.48. The topological polar surface area (TPSA) is 101 Å². The van der Waals surface area contributed by atoms with Crippen LogP contribution in [0.5, 0.6) is 0 Å². The molecule has 2 unspecified atom stereocenters. The molecule has 1 aliphatic rings. The van der Waals surface area contributed by atoms with Crippen molar-refractivity contribution >= 4 is 0 Å². The third-order valence-electron chi connectivity index (χ3n) is 3.66. The lowest BCUT2D eigenvalue weighted by molar-refractivity contribution is -0.155. The Morgan fingerprint density at radius 3 is 1.93 bits per heavy atom. The van der Waals surface area contributed by atoms with Crippen molar-refractivity contribution in [3.05, 3.63) is 0 Å². The lowest BCUT2D eigenvalue weighted by Crippen LogP contribution is -2.55. The van der Waals surface area contributed by atoms with Crippen molar-refractivity contribution < 1.29 is 25.5 Å². The van der Waals surface area contributed by atoms with Crippen LogP contribution in [0.4, 0.5) is 0 Å². The second kappa shape index (κ2) is 4.12. The number of aliphatic hydroxyl groups is 5. The first kappa shape index (κ1) is 11.9. The molecule has 0 aromatic rings. The van der Waals surface area contributed by atoms with Gasteiger partial charge in [-0.15, -0.1) is 0 Å². The molecule has 0 amide bonds. The number of hydrogen-bond acceptors (Lipinski definition) is 5. The van der Waals surface area contributed by atoms with Gasteiger partial charge >= 0.3 is 0 Å². The molecular weight excluding hydrogens is 188 g/mol. The second-order valence-corrected chi connectivity index (χ2v) is 4.08. The molecule has 0 saturated heterocycles. The van der Waals surface area contributed by atoms with Crippen LogP contribution < -0.4 is 0 Å². The maximum atomic E-state index is 10.0. The van der Waals surface area contributed by atoms with E-state index in [4.69, 9.17) is 10.2 Å². The summed E-state index contributed by atoms with van der Waals surface area (Å²) in [6, 6.07) is 0. The monoisotopic (exact) mass is 206 g/mol. The van der Waals surface area contributed by atoms with Crippen molar-refractivity contribution in [2.75, 3.05) is 26.4 Å². The summed E-state index contributed by atoms with van der Waals surface area (Å²) in [5.41, 5.74) is -2.67. The Bertz CT molecular complexity index is 192. The Labute approximate surface area is 82.6 Å². The number of hydrogen-bond donors (Lipinski definition) is 5. The molecule has 5 N–H and O–H groups in total. The van der Waals surface area contributed by atoms with Crippen molar-refractivity contribution in [2.45, 2.75) is 18.4 Å². The molecule has 5 heteroatoms. The van der Waals surface area contributed by atoms with Crippen LogP contribution in [0.1, 0.15) is 12.8 Å². The van der Waals surface area contributed by atoms with Crippen LogP contribution in [0.25, 0.3) is 0 Å². The molecule has 1 rings (SSSR count). The predicted molar refractivity (Wildman–Crippen MR) is 48.5 cm³/mol. The largest absolute Gasteiger partial charge is 0.396 e. The SMILES string of the molecule is OCC1CCC(O)(CO)C1(CO)CO. The van der Waals surface area contributed by atoms with Gasteiger partial charge in [-0.3, -0.25) is 0 Å². The lowest BCUT2D eigenvalue weighted by atomic mass is 9.71. The summed E-state index contributed by atoms with van der Waals surface area (Å²) in [4.78, 5) is 0. The van der Waals surface area contributed by atoms with Crippen LogP contribution >= 0.6 is 0 Å². The van der Waals surface area contributed by atoms with Gasteiger partial charge in [-0.05, 0) is 18.8 Å². The van der Waals surface area contributed by atoms with Gasteiger partial charge in [0, 0.05) is 6.61 Å². The molecule has 1 saturated carbocycles. The fourth-order valence-electron chi connectivity index (χ4n) is 2.42. The van der Waals surface area contributed by atoms with Crippen LogP contribution in [-0.4, -0.2) is 57.6 Å². The van der Waals surface area contributed by atoms with Gasteiger partial charge in [-0.1, -0.05) is 0 Å². The summed E-state index contributed by atoms with van der Waals surface area (Å²) in [5.74, 6) is -0.366. The Kier molecular flexibility index (Phi) is 3.49. The fraction of sp³-hybridized carbons (Fsp3) is 1.00. The summed E-state index contributed by atoms with van der Waals surface area (Å²) in [6.07, 6.45) is 0.782. The summed E-state index contributed by atoms with van der Waals surface area (Å²) in [6.45, 7) is -1.59. The van der Waals surface area contributed by atoms with Gasteiger partial charge in [0.15, 0.2) is 0 Å². The average molecular weight is 206 g/mol. The molecule has 0 spiro atoms. The van der Waals surface area contributed by atoms with Crippen LogP contribution in [0.15, 0.2) is 0 Å². The van der Waals surface area contributed by atoms with Crippen LogP contribution in [0.2, 0.25) is 0 Å². The highest BCUT2D eigenvalue weighted by molar-refractivity contribution is 5.07. The highest BCUT2D eigenvalue weighted by Gasteiger charge is 2.58. The maximum Gasteiger partial charge on any atom is 0.0980 e. The van der Waals surface area contributed by atoms with E-state index in [-0.39, 0.29) is 18.9 Å². The predicted octanol–water partition coefficient (Wildman–Crippen LogP) is -1.92. The first-order valence-corrected chi connectivity index (χ1v) is 4.76. The standard InChI is InChI=1S/C9H18O5/c10-3-7-1-2-9(14,6-13)8(7,4-11)5-12/h7,10-14H,1-6H2. The highest BCUT2D eigenvalue weighted by atomic mass is 16.3. The van der Waals surface area contributed by atoms with Crippen molar-refractivity contribution in [2.24, 2.45) is 11.3 Å². The molecule has 0 aromatic heterocycles. The molecule has 5 nitrogen and oxygen atoms in total. The van der Waals surface area contributed by atoms with E-state index in [9.17, 15) is 15.3 Å².